The van der Waals surface area contributed by atoms with Crippen molar-refractivity contribution in [3.63, 3.8) is 0 Å². The maximum Gasteiger partial charge on any atom is 0.189 e. The summed E-state index contributed by atoms with van der Waals surface area (Å²) in [6.07, 6.45) is 1.35. The summed E-state index contributed by atoms with van der Waals surface area (Å²) in [5, 5.41) is 9.17. The highest BCUT2D eigenvalue weighted by Gasteiger charge is 2.10. The Morgan fingerprint density at radius 2 is 1.81 bits per heavy atom. The van der Waals surface area contributed by atoms with Crippen molar-refractivity contribution in [3.8, 4) is 17.6 Å². The maximum absolute atomic E-state index is 12.3. The van der Waals surface area contributed by atoms with Crippen LogP contribution in [0.2, 0.25) is 0 Å². The number of para-hydroxylation sites is 1. The van der Waals surface area contributed by atoms with Crippen LogP contribution in [0.25, 0.3) is 0 Å². The number of aromatic nitrogens is 2. The molecule has 0 aliphatic rings. The Kier molecular flexibility index (Phi) is 5.46. The number of anilines is 1. The van der Waals surface area contributed by atoms with Crippen LogP contribution >= 0.6 is 11.8 Å². The number of nitrogen functional groups attached to an aromatic ring is 1. The van der Waals surface area contributed by atoms with Gasteiger partial charge >= 0.3 is 0 Å². The third-order valence-electron chi connectivity index (χ3n) is 3.40. The molecular weight excluding hydrogens is 348 g/mol. The van der Waals surface area contributed by atoms with E-state index in [1.165, 1.54) is 18.0 Å². The second-order valence-corrected chi connectivity index (χ2v) is 6.16. The maximum atomic E-state index is 12.3. The molecule has 0 aliphatic heterocycles. The average molecular weight is 362 g/mol. The van der Waals surface area contributed by atoms with Gasteiger partial charge in [0.2, 0.25) is 0 Å². The molecule has 0 saturated heterocycles. The molecule has 7 heteroatoms. The fourth-order valence-corrected chi connectivity index (χ4v) is 2.80. The van der Waals surface area contributed by atoms with E-state index in [1.54, 1.807) is 24.3 Å². The van der Waals surface area contributed by atoms with Gasteiger partial charge in [0.05, 0.1) is 11.9 Å². The number of nitrogens with two attached hydrogens (primary N) is 1. The number of carbonyl (C=O) groups is 1. The molecule has 1 heterocycles. The van der Waals surface area contributed by atoms with Gasteiger partial charge in [-0.2, -0.15) is 5.26 Å². The molecule has 0 unspecified atom stereocenters. The van der Waals surface area contributed by atoms with E-state index in [9.17, 15) is 4.79 Å². The molecule has 3 rings (SSSR count). The lowest BCUT2D eigenvalue weighted by atomic mass is 10.1. The van der Waals surface area contributed by atoms with Gasteiger partial charge in [0, 0.05) is 5.56 Å². The van der Waals surface area contributed by atoms with Crippen LogP contribution in [0.15, 0.2) is 66.0 Å². The highest BCUT2D eigenvalue weighted by molar-refractivity contribution is 7.99. The normalized spacial score (nSPS) is 10.1. The lowest BCUT2D eigenvalue weighted by Crippen LogP contribution is -2.04. The van der Waals surface area contributed by atoms with Gasteiger partial charge in [0.15, 0.2) is 10.9 Å². The van der Waals surface area contributed by atoms with Crippen molar-refractivity contribution in [2.24, 2.45) is 0 Å². The summed E-state index contributed by atoms with van der Waals surface area (Å²) < 4.78 is 5.70. The minimum absolute atomic E-state index is 0.0622. The molecule has 3 aromatic rings. The summed E-state index contributed by atoms with van der Waals surface area (Å²) >= 11 is 1.17. The van der Waals surface area contributed by atoms with E-state index in [2.05, 4.69) is 9.97 Å². The molecule has 1 aromatic heterocycles. The van der Waals surface area contributed by atoms with Gasteiger partial charge in [-0.1, -0.05) is 30.0 Å². The number of thioether (sulfide) groups is 1. The molecule has 128 valence electrons. The number of carbonyl (C=O) groups excluding carboxylic acids is 1. The zero-order valence-corrected chi connectivity index (χ0v) is 14.4. The molecule has 2 aromatic carbocycles. The van der Waals surface area contributed by atoms with Gasteiger partial charge < -0.3 is 10.5 Å². The van der Waals surface area contributed by atoms with E-state index in [-0.39, 0.29) is 22.9 Å². The summed E-state index contributed by atoms with van der Waals surface area (Å²) in [7, 11) is 0. The molecular formula is C19H14N4O2S. The van der Waals surface area contributed by atoms with Gasteiger partial charge in [-0.05, 0) is 36.4 Å². The van der Waals surface area contributed by atoms with Crippen LogP contribution in [0.3, 0.4) is 0 Å². The Bertz CT molecular complexity index is 954. The number of ether oxygens (including phenoxy) is 1. The van der Waals surface area contributed by atoms with Crippen LogP contribution in [0.4, 0.5) is 5.82 Å². The highest BCUT2D eigenvalue weighted by Crippen LogP contribution is 2.22. The number of ketones is 1. The fourth-order valence-electron chi connectivity index (χ4n) is 2.08. The number of benzene rings is 2. The third kappa shape index (κ3) is 4.37. The predicted octanol–water partition coefficient (Wildman–Crippen LogP) is 3.70. The van der Waals surface area contributed by atoms with Crippen LogP contribution in [0.1, 0.15) is 15.9 Å². The van der Waals surface area contributed by atoms with Gasteiger partial charge in [-0.15, -0.1) is 0 Å². The predicted molar refractivity (Wildman–Crippen MR) is 99.2 cm³/mol. The number of hydrogen-bond donors (Lipinski definition) is 1. The fraction of sp³-hybridized carbons (Fsp3) is 0.0526. The van der Waals surface area contributed by atoms with Crippen molar-refractivity contribution in [1.82, 2.24) is 9.97 Å². The van der Waals surface area contributed by atoms with Crippen molar-refractivity contribution < 1.29 is 9.53 Å². The first-order valence-electron chi connectivity index (χ1n) is 7.67. The SMILES string of the molecule is N#Cc1cnc(SCC(=O)c2ccc(Oc3ccccc3)cc2)nc1N. The number of nitriles is 1. The Balaban J connectivity index is 1.60. The van der Waals surface area contributed by atoms with E-state index in [1.807, 2.05) is 36.4 Å². The van der Waals surface area contributed by atoms with Gasteiger partial charge in [0.1, 0.15) is 28.9 Å². The summed E-state index contributed by atoms with van der Waals surface area (Å²) in [5.74, 6) is 1.61. The van der Waals surface area contributed by atoms with Crippen LogP contribution in [0, 0.1) is 11.3 Å². The van der Waals surface area contributed by atoms with Crippen molar-refractivity contribution in [1.29, 1.82) is 5.26 Å². The Morgan fingerprint density at radius 1 is 1.12 bits per heavy atom. The zero-order valence-electron chi connectivity index (χ0n) is 13.6. The van der Waals surface area contributed by atoms with Crippen molar-refractivity contribution >= 4 is 23.4 Å². The smallest absolute Gasteiger partial charge is 0.189 e. The minimum atomic E-state index is -0.0622. The molecule has 0 fully saturated rings. The quantitative estimate of drug-likeness (QED) is 0.405. The first kappa shape index (κ1) is 17.5. The van der Waals surface area contributed by atoms with Crippen molar-refractivity contribution in [2.75, 3.05) is 11.5 Å². The molecule has 0 amide bonds. The lowest BCUT2D eigenvalue weighted by molar-refractivity contribution is 0.102. The van der Waals surface area contributed by atoms with Crippen LogP contribution in [-0.2, 0) is 0 Å². The molecule has 26 heavy (non-hydrogen) atoms. The first-order valence-corrected chi connectivity index (χ1v) is 8.66. The summed E-state index contributed by atoms with van der Waals surface area (Å²) in [4.78, 5) is 20.3. The average Bonchev–Trinajstić information content (AvgIpc) is 2.67. The third-order valence-corrected chi connectivity index (χ3v) is 4.27. The van der Waals surface area contributed by atoms with E-state index in [4.69, 9.17) is 15.7 Å². The number of rotatable bonds is 6. The standard InChI is InChI=1S/C19H14N4O2S/c20-10-14-11-22-19(23-18(14)21)26-12-17(24)13-6-8-16(9-7-13)25-15-4-2-1-3-5-15/h1-9,11H,12H2,(H2,21,22,23). The van der Waals surface area contributed by atoms with Crippen LogP contribution in [0.5, 0.6) is 11.5 Å². The Morgan fingerprint density at radius 3 is 2.46 bits per heavy atom. The summed E-state index contributed by atoms with van der Waals surface area (Å²) in [5.41, 5.74) is 6.43. The van der Waals surface area contributed by atoms with Crippen molar-refractivity contribution in [2.45, 2.75) is 5.16 Å². The minimum Gasteiger partial charge on any atom is -0.457 e. The van der Waals surface area contributed by atoms with E-state index in [0.29, 0.717) is 16.5 Å². The summed E-state index contributed by atoms with van der Waals surface area (Å²) in [6.45, 7) is 0. The molecule has 0 bridgehead atoms. The number of nitrogens with zero attached hydrogens (tertiary/aromatic N) is 3. The van der Waals surface area contributed by atoms with E-state index < -0.39 is 0 Å². The van der Waals surface area contributed by atoms with Gasteiger partial charge in [-0.3, -0.25) is 4.79 Å². The molecule has 6 nitrogen and oxygen atoms in total. The monoisotopic (exact) mass is 362 g/mol. The molecule has 0 saturated carbocycles. The largest absolute Gasteiger partial charge is 0.457 e. The second kappa shape index (κ2) is 8.14. The van der Waals surface area contributed by atoms with Gasteiger partial charge in [0.25, 0.3) is 0 Å². The van der Waals surface area contributed by atoms with Crippen LogP contribution in [-0.4, -0.2) is 21.5 Å². The Labute approximate surface area is 154 Å². The lowest BCUT2D eigenvalue weighted by Gasteiger charge is -2.06. The first-order chi connectivity index (χ1) is 12.7. The zero-order chi connectivity index (χ0) is 18.4. The topological polar surface area (TPSA) is 102 Å². The highest BCUT2D eigenvalue weighted by atomic mass is 32.2. The molecule has 0 radical (unpaired) electrons. The summed E-state index contributed by atoms with van der Waals surface area (Å²) in [6, 6.07) is 18.3. The molecule has 0 atom stereocenters. The Hall–Kier alpha value is -3.37. The molecule has 0 spiro atoms. The second-order valence-electron chi connectivity index (χ2n) is 5.21. The molecule has 0 aliphatic carbocycles. The van der Waals surface area contributed by atoms with E-state index >= 15 is 0 Å². The van der Waals surface area contributed by atoms with E-state index in [0.717, 1.165) is 5.75 Å². The molecule has 2 N–H and O–H groups in total. The van der Waals surface area contributed by atoms with Gasteiger partial charge in [-0.25, -0.2) is 9.97 Å². The van der Waals surface area contributed by atoms with Crippen molar-refractivity contribution in [3.05, 3.63) is 71.9 Å². The number of Topliss-reactive ketones (excluding diaryl/α,β-unsaturated/α-hetero) is 1. The van der Waals surface area contributed by atoms with Crippen LogP contribution < -0.4 is 10.5 Å². The number of hydrogen-bond acceptors (Lipinski definition) is 7.